The van der Waals surface area contributed by atoms with Crippen molar-refractivity contribution in [3.63, 3.8) is 0 Å². The Morgan fingerprint density at radius 1 is 1.36 bits per heavy atom. The highest BCUT2D eigenvalue weighted by Crippen LogP contribution is 2.13. The summed E-state index contributed by atoms with van der Waals surface area (Å²) in [5, 5.41) is 12.5. The van der Waals surface area contributed by atoms with E-state index in [-0.39, 0.29) is 24.9 Å². The molecule has 6 nitrogen and oxygen atoms in total. The number of amides is 2. The van der Waals surface area contributed by atoms with Gasteiger partial charge in [-0.05, 0) is 12.0 Å². The average Bonchev–Trinajstić information content (AvgIpc) is 2.55. The third-order valence-electron chi connectivity index (χ3n) is 3.51. The van der Waals surface area contributed by atoms with E-state index < -0.39 is 18.2 Å². The van der Waals surface area contributed by atoms with E-state index in [0.29, 0.717) is 13.0 Å². The standard InChI is InChI=1S/C15H19ClN2O4/c16-8-14(20)17-12-9-18(7-6-13(12)19)15(21)22-10-11-4-2-1-3-5-11/h1-5,12-13,19H,6-10H2,(H,17,20)/t12-,13-/m0/s1. The number of carbonyl (C=O) groups is 2. The first-order valence-corrected chi connectivity index (χ1v) is 7.62. The number of alkyl halides is 1. The van der Waals surface area contributed by atoms with Crippen LogP contribution in [0.15, 0.2) is 30.3 Å². The lowest BCUT2D eigenvalue weighted by Gasteiger charge is -2.35. The predicted octanol–water partition coefficient (Wildman–Crippen LogP) is 1.11. The first-order valence-electron chi connectivity index (χ1n) is 7.09. The molecule has 1 fully saturated rings. The molecule has 2 rings (SSSR count). The lowest BCUT2D eigenvalue weighted by atomic mass is 10.0. The van der Waals surface area contributed by atoms with Crippen molar-refractivity contribution < 1.29 is 19.4 Å². The van der Waals surface area contributed by atoms with Crippen molar-refractivity contribution in [1.82, 2.24) is 10.2 Å². The second-order valence-corrected chi connectivity index (χ2v) is 5.42. The fraction of sp³-hybridized carbons (Fsp3) is 0.467. The highest BCUT2D eigenvalue weighted by Gasteiger charge is 2.31. The van der Waals surface area contributed by atoms with Crippen LogP contribution in [0.1, 0.15) is 12.0 Å². The van der Waals surface area contributed by atoms with Crippen LogP contribution in [0.3, 0.4) is 0 Å². The van der Waals surface area contributed by atoms with Gasteiger partial charge < -0.3 is 20.1 Å². The van der Waals surface area contributed by atoms with Crippen LogP contribution >= 0.6 is 11.6 Å². The summed E-state index contributed by atoms with van der Waals surface area (Å²) in [4.78, 5) is 24.9. The molecule has 1 saturated heterocycles. The minimum Gasteiger partial charge on any atom is -0.445 e. The van der Waals surface area contributed by atoms with Crippen LogP contribution < -0.4 is 5.32 Å². The molecule has 1 aromatic carbocycles. The maximum absolute atomic E-state index is 12.1. The second kappa shape index (κ2) is 8.00. The van der Waals surface area contributed by atoms with Crippen molar-refractivity contribution in [2.24, 2.45) is 0 Å². The Morgan fingerprint density at radius 3 is 2.77 bits per heavy atom. The van der Waals surface area contributed by atoms with Crippen molar-refractivity contribution in [1.29, 1.82) is 0 Å². The number of rotatable bonds is 4. The minimum atomic E-state index is -0.689. The Morgan fingerprint density at radius 2 is 2.09 bits per heavy atom. The number of ether oxygens (including phenoxy) is 1. The highest BCUT2D eigenvalue weighted by molar-refractivity contribution is 6.27. The molecule has 2 atom stereocenters. The van der Waals surface area contributed by atoms with E-state index in [4.69, 9.17) is 16.3 Å². The number of nitrogens with zero attached hydrogens (tertiary/aromatic N) is 1. The number of carbonyl (C=O) groups excluding carboxylic acids is 2. The summed E-state index contributed by atoms with van der Waals surface area (Å²) in [6.07, 6.45) is -0.764. The van der Waals surface area contributed by atoms with Crippen molar-refractivity contribution in [2.75, 3.05) is 19.0 Å². The molecule has 1 aliphatic heterocycles. The first-order chi connectivity index (χ1) is 10.6. The van der Waals surface area contributed by atoms with Crippen molar-refractivity contribution >= 4 is 23.6 Å². The van der Waals surface area contributed by atoms with Gasteiger partial charge in [-0.1, -0.05) is 30.3 Å². The molecule has 0 aromatic heterocycles. The van der Waals surface area contributed by atoms with E-state index in [0.717, 1.165) is 5.56 Å². The fourth-order valence-electron chi connectivity index (χ4n) is 2.30. The van der Waals surface area contributed by atoms with Crippen LogP contribution in [-0.2, 0) is 16.1 Å². The van der Waals surface area contributed by atoms with Crippen LogP contribution in [0, 0.1) is 0 Å². The molecule has 2 amide bonds. The average molecular weight is 327 g/mol. The van der Waals surface area contributed by atoms with Crippen LogP contribution in [0.5, 0.6) is 0 Å². The molecule has 1 aliphatic rings. The third kappa shape index (κ3) is 4.61. The molecule has 1 aromatic rings. The molecule has 0 saturated carbocycles. The van der Waals surface area contributed by atoms with Gasteiger partial charge in [0.15, 0.2) is 0 Å². The Bertz CT molecular complexity index is 512. The topological polar surface area (TPSA) is 78.9 Å². The molecule has 0 unspecified atom stereocenters. The number of hydrogen-bond acceptors (Lipinski definition) is 4. The summed E-state index contributed by atoms with van der Waals surface area (Å²) in [5.41, 5.74) is 0.903. The summed E-state index contributed by atoms with van der Waals surface area (Å²) < 4.78 is 5.25. The highest BCUT2D eigenvalue weighted by atomic mass is 35.5. The molecule has 1 heterocycles. The van der Waals surface area contributed by atoms with E-state index in [1.807, 2.05) is 30.3 Å². The lowest BCUT2D eigenvalue weighted by molar-refractivity contribution is -0.120. The first kappa shape index (κ1) is 16.6. The van der Waals surface area contributed by atoms with Crippen molar-refractivity contribution in [3.8, 4) is 0 Å². The maximum Gasteiger partial charge on any atom is 0.410 e. The summed E-state index contributed by atoms with van der Waals surface area (Å²) in [6.45, 7) is 0.789. The van der Waals surface area contributed by atoms with E-state index in [2.05, 4.69) is 5.32 Å². The van der Waals surface area contributed by atoms with E-state index in [9.17, 15) is 14.7 Å². The van der Waals surface area contributed by atoms with Gasteiger partial charge in [0.2, 0.25) is 5.91 Å². The number of piperidine rings is 1. The zero-order valence-electron chi connectivity index (χ0n) is 12.1. The Kier molecular flexibility index (Phi) is 6.03. The molecule has 120 valence electrons. The smallest absolute Gasteiger partial charge is 0.410 e. The Balaban J connectivity index is 1.85. The minimum absolute atomic E-state index is 0.179. The summed E-state index contributed by atoms with van der Waals surface area (Å²) in [7, 11) is 0. The van der Waals surface area contributed by atoms with E-state index in [1.54, 1.807) is 0 Å². The molecule has 0 radical (unpaired) electrons. The Labute approximate surface area is 134 Å². The number of halogens is 1. The van der Waals surface area contributed by atoms with Crippen LogP contribution in [0.2, 0.25) is 0 Å². The largest absolute Gasteiger partial charge is 0.445 e. The Hall–Kier alpha value is -1.79. The van der Waals surface area contributed by atoms with E-state index in [1.165, 1.54) is 4.90 Å². The maximum atomic E-state index is 12.1. The summed E-state index contributed by atoms with van der Waals surface area (Å²) in [5.74, 6) is -0.549. The molecule has 0 aliphatic carbocycles. The lowest BCUT2D eigenvalue weighted by Crippen LogP contribution is -2.56. The number of hydrogen-bond donors (Lipinski definition) is 2. The van der Waals surface area contributed by atoms with Gasteiger partial charge in [-0.25, -0.2) is 4.79 Å². The number of nitrogens with one attached hydrogen (secondary N) is 1. The summed E-state index contributed by atoms with van der Waals surface area (Å²) >= 11 is 5.44. The van der Waals surface area contributed by atoms with Crippen molar-refractivity contribution in [2.45, 2.75) is 25.2 Å². The molecule has 2 N–H and O–H groups in total. The quantitative estimate of drug-likeness (QED) is 0.813. The second-order valence-electron chi connectivity index (χ2n) is 5.15. The van der Waals surface area contributed by atoms with Gasteiger partial charge in [-0.15, -0.1) is 11.6 Å². The van der Waals surface area contributed by atoms with E-state index >= 15 is 0 Å². The zero-order chi connectivity index (χ0) is 15.9. The number of aliphatic hydroxyl groups is 1. The van der Waals surface area contributed by atoms with Crippen LogP contribution in [-0.4, -0.2) is 53.1 Å². The number of benzene rings is 1. The molecule has 0 bridgehead atoms. The van der Waals surface area contributed by atoms with Gasteiger partial charge in [0.1, 0.15) is 12.5 Å². The summed E-state index contributed by atoms with van der Waals surface area (Å²) in [6, 6.07) is 8.86. The molecule has 0 spiro atoms. The van der Waals surface area contributed by atoms with Gasteiger partial charge >= 0.3 is 6.09 Å². The normalized spacial score (nSPS) is 21.3. The number of likely N-dealkylation sites (tertiary alicyclic amines) is 1. The van der Waals surface area contributed by atoms with Gasteiger partial charge in [-0.2, -0.15) is 0 Å². The monoisotopic (exact) mass is 326 g/mol. The predicted molar refractivity (Wildman–Crippen MR) is 81.5 cm³/mol. The molecule has 22 heavy (non-hydrogen) atoms. The van der Waals surface area contributed by atoms with Crippen LogP contribution in [0.25, 0.3) is 0 Å². The van der Waals surface area contributed by atoms with Gasteiger partial charge in [-0.3, -0.25) is 4.79 Å². The van der Waals surface area contributed by atoms with Crippen LogP contribution in [0.4, 0.5) is 4.79 Å². The van der Waals surface area contributed by atoms with Gasteiger partial charge in [0.25, 0.3) is 0 Å². The van der Waals surface area contributed by atoms with Gasteiger partial charge in [0.05, 0.1) is 12.1 Å². The third-order valence-corrected chi connectivity index (χ3v) is 3.75. The molecule has 7 heteroatoms. The zero-order valence-corrected chi connectivity index (χ0v) is 12.8. The fourth-order valence-corrected chi connectivity index (χ4v) is 2.38. The van der Waals surface area contributed by atoms with Crippen molar-refractivity contribution in [3.05, 3.63) is 35.9 Å². The molecular weight excluding hydrogens is 308 g/mol. The molecular formula is C15H19ClN2O4. The SMILES string of the molecule is O=C(CCl)N[C@H]1CN(C(=O)OCc2ccccc2)CC[C@@H]1O. The van der Waals surface area contributed by atoms with Gasteiger partial charge in [0, 0.05) is 13.1 Å². The number of aliphatic hydroxyl groups excluding tert-OH is 1.